The molecule has 2 nitrogen and oxygen atoms in total. The topological polar surface area (TPSA) is 52.0 Å². The highest BCUT2D eigenvalue weighted by Crippen LogP contribution is 2.23. The summed E-state index contributed by atoms with van der Waals surface area (Å²) < 4.78 is 0. The molecule has 4 rings (SSSR count). The fourth-order valence-electron chi connectivity index (χ4n) is 6.92. The van der Waals surface area contributed by atoms with Gasteiger partial charge in [-0.1, -0.05) is 132 Å². The maximum absolute atomic E-state index is 5.90. The number of rotatable bonds is 22. The second-order valence-corrected chi connectivity index (χ2v) is 13.9. The minimum Gasteiger partial charge on any atom is -0.399 e. The molecule has 0 aliphatic heterocycles. The van der Waals surface area contributed by atoms with Crippen LogP contribution in [-0.4, -0.2) is 0 Å². The molecule has 0 bridgehead atoms. The Bertz CT molecular complexity index is 1320. The van der Waals surface area contributed by atoms with E-state index in [0.717, 1.165) is 24.2 Å². The number of unbranched alkanes of at least 4 members (excludes halogenated alkanes) is 10. The molecule has 0 heterocycles. The predicted molar refractivity (Wildman–Crippen MR) is 206 cm³/mol. The van der Waals surface area contributed by atoms with Crippen LogP contribution in [0.3, 0.4) is 0 Å². The van der Waals surface area contributed by atoms with Crippen molar-refractivity contribution in [3.8, 4) is 0 Å². The van der Waals surface area contributed by atoms with E-state index in [4.69, 9.17) is 11.5 Å². The molecule has 0 spiro atoms. The SMILES string of the molecule is CCCCCc1cc(Cc2ccc(N)cc2)ccc1CCCCCCCCCc1ccc(Cc2ccc(N)cc2)cc1CCCCC. The number of anilines is 2. The van der Waals surface area contributed by atoms with E-state index < -0.39 is 0 Å². The average Bonchev–Trinajstić information content (AvgIpc) is 3.08. The van der Waals surface area contributed by atoms with E-state index in [9.17, 15) is 0 Å². The Balaban J connectivity index is 1.18. The zero-order chi connectivity index (χ0) is 33.1. The predicted octanol–water partition coefficient (Wildman–Crippen LogP) is 12.0. The summed E-state index contributed by atoms with van der Waals surface area (Å²) in [4.78, 5) is 0. The van der Waals surface area contributed by atoms with Gasteiger partial charge in [-0.05, 0) is 133 Å². The fraction of sp³-hybridized carbons (Fsp3) is 0.467. The van der Waals surface area contributed by atoms with E-state index >= 15 is 0 Å². The third kappa shape index (κ3) is 13.3. The van der Waals surface area contributed by atoms with Crippen LogP contribution in [0.25, 0.3) is 0 Å². The first-order valence-electron chi connectivity index (χ1n) is 18.9. The molecule has 4 N–H and O–H groups in total. The molecule has 0 aliphatic carbocycles. The lowest BCUT2D eigenvalue weighted by Gasteiger charge is -2.13. The third-order valence-corrected chi connectivity index (χ3v) is 9.81. The number of hydrogen-bond acceptors (Lipinski definition) is 2. The standard InChI is InChI=1S/C45H62N2/c1-3-5-12-18-42-34-38(32-36-22-28-44(46)29-23-36)20-26-40(42)16-14-10-8-7-9-11-15-17-41-27-21-39(35-43(41)19-13-6-4-2)33-37-24-30-45(47)31-25-37/h20-31,34-35H,3-19,32-33,46-47H2,1-2H3. The normalized spacial score (nSPS) is 11.3. The van der Waals surface area contributed by atoms with E-state index in [-0.39, 0.29) is 0 Å². The molecule has 47 heavy (non-hydrogen) atoms. The monoisotopic (exact) mass is 630 g/mol. The van der Waals surface area contributed by atoms with Crippen molar-refractivity contribution in [3.05, 3.63) is 129 Å². The van der Waals surface area contributed by atoms with Crippen molar-refractivity contribution in [2.75, 3.05) is 11.5 Å². The maximum atomic E-state index is 5.90. The number of hydrogen-bond donors (Lipinski definition) is 2. The summed E-state index contributed by atoms with van der Waals surface area (Å²) in [6.45, 7) is 4.60. The molecule has 0 saturated heterocycles. The smallest absolute Gasteiger partial charge is 0.0314 e. The lowest BCUT2D eigenvalue weighted by atomic mass is 9.92. The summed E-state index contributed by atoms with van der Waals surface area (Å²) in [5, 5.41) is 0. The summed E-state index contributed by atoms with van der Waals surface area (Å²) in [6, 6.07) is 31.2. The zero-order valence-electron chi connectivity index (χ0n) is 29.7. The third-order valence-electron chi connectivity index (χ3n) is 9.81. The van der Waals surface area contributed by atoms with Crippen molar-refractivity contribution in [2.24, 2.45) is 0 Å². The van der Waals surface area contributed by atoms with Gasteiger partial charge in [0, 0.05) is 11.4 Å². The second-order valence-electron chi connectivity index (χ2n) is 13.9. The van der Waals surface area contributed by atoms with Crippen LogP contribution in [0.2, 0.25) is 0 Å². The molecule has 0 amide bonds. The van der Waals surface area contributed by atoms with Crippen LogP contribution < -0.4 is 11.5 Å². The molecule has 0 unspecified atom stereocenters. The van der Waals surface area contributed by atoms with Gasteiger partial charge >= 0.3 is 0 Å². The number of benzene rings is 4. The average molecular weight is 631 g/mol. The number of nitrogens with two attached hydrogens (primary N) is 2. The highest BCUT2D eigenvalue weighted by Gasteiger charge is 2.08. The Morgan fingerprint density at radius 3 is 1.04 bits per heavy atom. The largest absolute Gasteiger partial charge is 0.399 e. The lowest BCUT2D eigenvalue weighted by molar-refractivity contribution is 0.577. The van der Waals surface area contributed by atoms with Crippen LogP contribution >= 0.6 is 0 Å². The van der Waals surface area contributed by atoms with Gasteiger partial charge in [-0.15, -0.1) is 0 Å². The zero-order valence-corrected chi connectivity index (χ0v) is 29.7. The van der Waals surface area contributed by atoms with Crippen molar-refractivity contribution < 1.29 is 0 Å². The first kappa shape index (κ1) is 36.3. The molecular weight excluding hydrogens is 569 g/mol. The van der Waals surface area contributed by atoms with Crippen molar-refractivity contribution in [1.29, 1.82) is 0 Å². The Labute approximate surface area is 287 Å². The number of aryl methyl sites for hydroxylation is 4. The molecule has 2 heteroatoms. The Morgan fingerprint density at radius 1 is 0.340 bits per heavy atom. The van der Waals surface area contributed by atoms with Crippen LogP contribution in [0.5, 0.6) is 0 Å². The van der Waals surface area contributed by atoms with Gasteiger partial charge in [0.15, 0.2) is 0 Å². The van der Waals surface area contributed by atoms with Gasteiger partial charge < -0.3 is 11.5 Å². The van der Waals surface area contributed by atoms with Gasteiger partial charge in [0.1, 0.15) is 0 Å². The molecule has 0 saturated carbocycles. The first-order valence-corrected chi connectivity index (χ1v) is 18.9. The summed E-state index contributed by atoms with van der Waals surface area (Å²) >= 11 is 0. The Kier molecular flexibility index (Phi) is 16.0. The Morgan fingerprint density at radius 2 is 0.660 bits per heavy atom. The van der Waals surface area contributed by atoms with E-state index in [1.807, 2.05) is 24.3 Å². The molecule has 0 radical (unpaired) electrons. The van der Waals surface area contributed by atoms with Crippen molar-refractivity contribution in [1.82, 2.24) is 0 Å². The fourth-order valence-corrected chi connectivity index (χ4v) is 6.92. The van der Waals surface area contributed by atoms with Gasteiger partial charge in [-0.3, -0.25) is 0 Å². The Hall–Kier alpha value is -3.52. The molecule has 0 fully saturated rings. The van der Waals surface area contributed by atoms with E-state index in [1.54, 1.807) is 22.3 Å². The molecule has 4 aromatic rings. The van der Waals surface area contributed by atoms with Crippen LogP contribution in [0.4, 0.5) is 11.4 Å². The van der Waals surface area contributed by atoms with E-state index in [1.165, 1.54) is 131 Å². The summed E-state index contributed by atoms with van der Waals surface area (Å²) in [7, 11) is 0. The van der Waals surface area contributed by atoms with Gasteiger partial charge in [0.25, 0.3) is 0 Å². The lowest BCUT2D eigenvalue weighted by Crippen LogP contribution is -1.99. The molecule has 0 atom stereocenters. The summed E-state index contributed by atoms with van der Waals surface area (Å²) in [6.07, 6.45) is 24.0. The number of nitrogen functional groups attached to an aromatic ring is 2. The second kappa shape index (κ2) is 20.7. The van der Waals surface area contributed by atoms with Gasteiger partial charge in [0.2, 0.25) is 0 Å². The first-order chi connectivity index (χ1) is 23.0. The van der Waals surface area contributed by atoms with Crippen LogP contribution in [0, 0.1) is 0 Å². The van der Waals surface area contributed by atoms with Crippen molar-refractivity contribution in [3.63, 3.8) is 0 Å². The molecular formula is C45H62N2. The molecule has 4 aromatic carbocycles. The van der Waals surface area contributed by atoms with Crippen LogP contribution in [-0.2, 0) is 38.5 Å². The quantitative estimate of drug-likeness (QED) is 0.0670. The van der Waals surface area contributed by atoms with Crippen LogP contribution in [0.15, 0.2) is 84.9 Å². The summed E-state index contributed by atoms with van der Waals surface area (Å²) in [5.41, 5.74) is 25.3. The van der Waals surface area contributed by atoms with Crippen molar-refractivity contribution >= 4 is 11.4 Å². The van der Waals surface area contributed by atoms with E-state index in [0.29, 0.717) is 0 Å². The highest BCUT2D eigenvalue weighted by atomic mass is 14.5. The molecule has 0 aliphatic rings. The maximum Gasteiger partial charge on any atom is 0.0314 e. The summed E-state index contributed by atoms with van der Waals surface area (Å²) in [5.74, 6) is 0. The van der Waals surface area contributed by atoms with Crippen LogP contribution in [0.1, 0.15) is 142 Å². The minimum atomic E-state index is 0.837. The molecule has 252 valence electrons. The van der Waals surface area contributed by atoms with Gasteiger partial charge in [0.05, 0.1) is 0 Å². The van der Waals surface area contributed by atoms with Gasteiger partial charge in [-0.2, -0.15) is 0 Å². The molecule has 0 aromatic heterocycles. The minimum absolute atomic E-state index is 0.837. The van der Waals surface area contributed by atoms with E-state index in [2.05, 4.69) is 74.5 Å². The van der Waals surface area contributed by atoms with Crippen molar-refractivity contribution in [2.45, 2.75) is 136 Å². The van der Waals surface area contributed by atoms with Gasteiger partial charge in [-0.25, -0.2) is 0 Å². The highest BCUT2D eigenvalue weighted by molar-refractivity contribution is 5.43.